The lowest BCUT2D eigenvalue weighted by Crippen LogP contribution is -2.34. The van der Waals surface area contributed by atoms with E-state index in [0.717, 1.165) is 31.2 Å². The average molecular weight is 219 g/mol. The van der Waals surface area contributed by atoms with E-state index in [-0.39, 0.29) is 5.91 Å². The van der Waals surface area contributed by atoms with Gasteiger partial charge in [0, 0.05) is 11.6 Å². The van der Waals surface area contributed by atoms with E-state index >= 15 is 0 Å². The van der Waals surface area contributed by atoms with Crippen LogP contribution in [-0.4, -0.2) is 11.9 Å². The van der Waals surface area contributed by atoms with Gasteiger partial charge >= 0.3 is 0 Å². The van der Waals surface area contributed by atoms with Crippen LogP contribution < -0.4 is 5.32 Å². The van der Waals surface area contributed by atoms with Gasteiger partial charge in [-0.1, -0.05) is 44.9 Å². The molecule has 0 atom stereocenters. The Labute approximate surface area is 98.1 Å². The summed E-state index contributed by atoms with van der Waals surface area (Å²) in [6.07, 6.45) is 4.35. The molecule has 0 saturated heterocycles. The van der Waals surface area contributed by atoms with Crippen LogP contribution in [0.5, 0.6) is 0 Å². The first-order valence-corrected chi connectivity index (χ1v) is 6.13. The standard InChI is InChI=1S/C14H21NO/c1-3-8-13(9-4-2)15-14(16)12-10-6-5-7-11-12/h5-7,10-11,13H,3-4,8-9H2,1-2H3,(H,15,16). The topological polar surface area (TPSA) is 29.1 Å². The number of carbonyl (C=O) groups is 1. The molecule has 1 aromatic rings. The predicted molar refractivity (Wildman–Crippen MR) is 67.5 cm³/mol. The van der Waals surface area contributed by atoms with Crippen LogP contribution in [0.1, 0.15) is 49.9 Å². The molecule has 1 rings (SSSR count). The highest BCUT2D eigenvalue weighted by Crippen LogP contribution is 2.06. The normalized spacial score (nSPS) is 10.4. The minimum Gasteiger partial charge on any atom is -0.349 e. The third kappa shape index (κ3) is 4.05. The third-order valence-corrected chi connectivity index (χ3v) is 2.65. The molecule has 0 heterocycles. The van der Waals surface area contributed by atoms with Crippen LogP contribution in [0.2, 0.25) is 0 Å². The van der Waals surface area contributed by atoms with Gasteiger partial charge in [-0.3, -0.25) is 4.79 Å². The van der Waals surface area contributed by atoms with Crippen LogP contribution in [-0.2, 0) is 0 Å². The van der Waals surface area contributed by atoms with Crippen LogP contribution >= 0.6 is 0 Å². The molecule has 0 unspecified atom stereocenters. The number of amides is 1. The smallest absolute Gasteiger partial charge is 0.251 e. The van der Waals surface area contributed by atoms with Crippen molar-refractivity contribution in [1.82, 2.24) is 5.32 Å². The summed E-state index contributed by atoms with van der Waals surface area (Å²) in [5.41, 5.74) is 0.750. The molecular formula is C14H21NO. The van der Waals surface area contributed by atoms with Crippen molar-refractivity contribution >= 4 is 5.91 Å². The highest BCUT2D eigenvalue weighted by Gasteiger charge is 2.11. The summed E-state index contributed by atoms with van der Waals surface area (Å²) in [4.78, 5) is 11.9. The van der Waals surface area contributed by atoms with Crippen molar-refractivity contribution in [3.63, 3.8) is 0 Å². The van der Waals surface area contributed by atoms with Gasteiger partial charge in [-0.2, -0.15) is 0 Å². The van der Waals surface area contributed by atoms with E-state index in [1.807, 2.05) is 30.3 Å². The van der Waals surface area contributed by atoms with E-state index in [1.54, 1.807) is 0 Å². The van der Waals surface area contributed by atoms with Gasteiger partial charge in [-0.15, -0.1) is 0 Å². The number of hydrogen-bond acceptors (Lipinski definition) is 1. The van der Waals surface area contributed by atoms with E-state index in [4.69, 9.17) is 0 Å². The van der Waals surface area contributed by atoms with Crippen molar-refractivity contribution in [3.8, 4) is 0 Å². The van der Waals surface area contributed by atoms with E-state index in [1.165, 1.54) is 0 Å². The summed E-state index contributed by atoms with van der Waals surface area (Å²) < 4.78 is 0. The van der Waals surface area contributed by atoms with E-state index in [2.05, 4.69) is 19.2 Å². The van der Waals surface area contributed by atoms with Crippen LogP contribution in [0.15, 0.2) is 30.3 Å². The number of benzene rings is 1. The fourth-order valence-electron chi connectivity index (χ4n) is 1.84. The van der Waals surface area contributed by atoms with Gasteiger partial charge in [-0.25, -0.2) is 0 Å². The fourth-order valence-corrected chi connectivity index (χ4v) is 1.84. The maximum Gasteiger partial charge on any atom is 0.251 e. The number of nitrogens with one attached hydrogen (secondary N) is 1. The minimum atomic E-state index is 0.0486. The lowest BCUT2D eigenvalue weighted by molar-refractivity contribution is 0.0932. The molecule has 16 heavy (non-hydrogen) atoms. The van der Waals surface area contributed by atoms with Gasteiger partial charge in [0.2, 0.25) is 0 Å². The second-order valence-corrected chi connectivity index (χ2v) is 4.11. The summed E-state index contributed by atoms with van der Waals surface area (Å²) >= 11 is 0. The Balaban J connectivity index is 2.54. The van der Waals surface area contributed by atoms with Crippen molar-refractivity contribution in [1.29, 1.82) is 0 Å². The molecule has 0 aliphatic rings. The van der Waals surface area contributed by atoms with Gasteiger partial charge < -0.3 is 5.32 Å². The van der Waals surface area contributed by atoms with Gasteiger partial charge in [0.15, 0.2) is 0 Å². The van der Waals surface area contributed by atoms with Crippen LogP contribution in [0.3, 0.4) is 0 Å². The van der Waals surface area contributed by atoms with Crippen molar-refractivity contribution in [2.75, 3.05) is 0 Å². The molecule has 1 amide bonds. The third-order valence-electron chi connectivity index (χ3n) is 2.65. The van der Waals surface area contributed by atoms with Crippen molar-refractivity contribution in [2.45, 2.75) is 45.6 Å². The summed E-state index contributed by atoms with van der Waals surface area (Å²) in [7, 11) is 0. The van der Waals surface area contributed by atoms with Crippen molar-refractivity contribution in [3.05, 3.63) is 35.9 Å². The molecule has 0 saturated carbocycles. The minimum absolute atomic E-state index is 0.0486. The maximum absolute atomic E-state index is 11.9. The zero-order chi connectivity index (χ0) is 11.8. The molecule has 0 aromatic heterocycles. The first kappa shape index (κ1) is 12.8. The summed E-state index contributed by atoms with van der Waals surface area (Å²) in [5, 5.41) is 3.10. The molecule has 88 valence electrons. The highest BCUT2D eigenvalue weighted by atomic mass is 16.1. The summed E-state index contributed by atoms with van der Waals surface area (Å²) in [5.74, 6) is 0.0486. The SMILES string of the molecule is CCCC(CCC)NC(=O)c1ccccc1. The summed E-state index contributed by atoms with van der Waals surface area (Å²) in [6, 6.07) is 9.73. The maximum atomic E-state index is 11.9. The van der Waals surface area contributed by atoms with Crippen molar-refractivity contribution < 1.29 is 4.79 Å². The Morgan fingerprint density at radius 1 is 1.12 bits per heavy atom. The van der Waals surface area contributed by atoms with Crippen LogP contribution in [0.4, 0.5) is 0 Å². The molecule has 0 aliphatic carbocycles. The lowest BCUT2D eigenvalue weighted by Gasteiger charge is -2.17. The molecule has 2 nitrogen and oxygen atoms in total. The Bertz CT molecular complexity index is 302. The van der Waals surface area contributed by atoms with Crippen LogP contribution in [0.25, 0.3) is 0 Å². The molecule has 1 aromatic carbocycles. The number of carbonyl (C=O) groups excluding carboxylic acids is 1. The fraction of sp³-hybridized carbons (Fsp3) is 0.500. The lowest BCUT2D eigenvalue weighted by atomic mass is 10.1. The molecule has 1 N–H and O–H groups in total. The number of rotatable bonds is 6. The zero-order valence-corrected chi connectivity index (χ0v) is 10.2. The quantitative estimate of drug-likeness (QED) is 0.780. The van der Waals surface area contributed by atoms with E-state index < -0.39 is 0 Å². The molecule has 0 bridgehead atoms. The first-order valence-electron chi connectivity index (χ1n) is 6.13. The zero-order valence-electron chi connectivity index (χ0n) is 10.2. The van der Waals surface area contributed by atoms with Crippen LogP contribution in [0, 0.1) is 0 Å². The van der Waals surface area contributed by atoms with E-state index in [9.17, 15) is 4.79 Å². The Morgan fingerprint density at radius 3 is 2.19 bits per heavy atom. The van der Waals surface area contributed by atoms with Gasteiger partial charge in [-0.05, 0) is 25.0 Å². The molecule has 0 fully saturated rings. The van der Waals surface area contributed by atoms with Gasteiger partial charge in [0.05, 0.1) is 0 Å². The monoisotopic (exact) mass is 219 g/mol. The molecule has 0 radical (unpaired) electrons. The Kier molecular flexibility index (Phi) is 5.62. The summed E-state index contributed by atoms with van der Waals surface area (Å²) in [6.45, 7) is 4.30. The predicted octanol–water partition coefficient (Wildman–Crippen LogP) is 3.39. The molecule has 0 aliphatic heterocycles. The van der Waals surface area contributed by atoms with Crippen molar-refractivity contribution in [2.24, 2.45) is 0 Å². The largest absolute Gasteiger partial charge is 0.349 e. The Morgan fingerprint density at radius 2 is 1.69 bits per heavy atom. The average Bonchev–Trinajstić information content (AvgIpc) is 2.31. The molecule has 0 spiro atoms. The number of hydrogen-bond donors (Lipinski definition) is 1. The van der Waals surface area contributed by atoms with Gasteiger partial charge in [0.1, 0.15) is 0 Å². The van der Waals surface area contributed by atoms with Gasteiger partial charge in [0.25, 0.3) is 5.91 Å². The Hall–Kier alpha value is -1.31. The molecular weight excluding hydrogens is 198 g/mol. The van der Waals surface area contributed by atoms with E-state index in [0.29, 0.717) is 6.04 Å². The highest BCUT2D eigenvalue weighted by molar-refractivity contribution is 5.94. The first-order chi connectivity index (χ1) is 7.77. The molecule has 2 heteroatoms. The second kappa shape index (κ2) is 7.04. The second-order valence-electron chi connectivity index (χ2n) is 4.11.